The maximum Gasteiger partial charge on any atom is 0.271 e. The van der Waals surface area contributed by atoms with Crippen molar-refractivity contribution in [1.82, 2.24) is 5.43 Å². The van der Waals surface area contributed by atoms with E-state index >= 15 is 0 Å². The Kier molecular flexibility index (Phi) is 5.82. The van der Waals surface area contributed by atoms with Crippen LogP contribution in [0.3, 0.4) is 0 Å². The van der Waals surface area contributed by atoms with Gasteiger partial charge in [0.25, 0.3) is 5.91 Å². The second-order valence-corrected chi connectivity index (χ2v) is 4.75. The fourth-order valence-electron chi connectivity index (χ4n) is 1.83. The molecule has 0 spiro atoms. The minimum absolute atomic E-state index is 0.156. The molecule has 2 amide bonds. The van der Waals surface area contributed by atoms with Gasteiger partial charge in [-0.15, -0.1) is 0 Å². The number of nitrogens with zero attached hydrogens (tertiary/aromatic N) is 1. The van der Waals surface area contributed by atoms with Crippen molar-refractivity contribution in [3.05, 3.63) is 71.8 Å². The van der Waals surface area contributed by atoms with E-state index in [1.165, 1.54) is 13.1 Å². The van der Waals surface area contributed by atoms with Crippen molar-refractivity contribution in [3.63, 3.8) is 0 Å². The summed E-state index contributed by atoms with van der Waals surface area (Å²) in [6, 6.07) is 16.4. The van der Waals surface area contributed by atoms with Crippen LogP contribution in [0.15, 0.2) is 65.8 Å². The topological polar surface area (TPSA) is 70.6 Å². The number of benzene rings is 2. The van der Waals surface area contributed by atoms with Gasteiger partial charge in [0.1, 0.15) is 0 Å². The summed E-state index contributed by atoms with van der Waals surface area (Å²) in [5.74, 6) is -0.472. The first kappa shape index (κ1) is 16.2. The molecule has 0 saturated heterocycles. The second kappa shape index (κ2) is 8.29. The van der Waals surface area contributed by atoms with E-state index < -0.39 is 0 Å². The number of carbonyl (C=O) groups excluding carboxylic acids is 2. The molecule has 2 N–H and O–H groups in total. The van der Waals surface area contributed by atoms with Crippen LogP contribution >= 0.6 is 0 Å². The summed E-state index contributed by atoms with van der Waals surface area (Å²) in [7, 11) is 0. The van der Waals surface area contributed by atoms with Gasteiger partial charge in [-0.2, -0.15) is 5.10 Å². The van der Waals surface area contributed by atoms with Gasteiger partial charge in [-0.05, 0) is 35.9 Å². The third kappa shape index (κ3) is 5.59. The van der Waals surface area contributed by atoms with Crippen molar-refractivity contribution < 1.29 is 9.59 Å². The summed E-state index contributed by atoms with van der Waals surface area (Å²) < 4.78 is 0. The van der Waals surface area contributed by atoms with E-state index in [-0.39, 0.29) is 11.8 Å². The predicted molar refractivity (Wildman–Crippen MR) is 92.2 cm³/mol. The quantitative estimate of drug-likeness (QED) is 0.658. The molecule has 0 fully saturated rings. The van der Waals surface area contributed by atoms with Gasteiger partial charge in [-0.1, -0.05) is 36.4 Å². The fourth-order valence-corrected chi connectivity index (χ4v) is 1.83. The van der Waals surface area contributed by atoms with Gasteiger partial charge in [0.2, 0.25) is 5.91 Å². The van der Waals surface area contributed by atoms with E-state index in [1.54, 1.807) is 30.3 Å². The molecule has 0 aliphatic rings. The van der Waals surface area contributed by atoms with Crippen molar-refractivity contribution >= 4 is 29.8 Å². The van der Waals surface area contributed by atoms with E-state index in [1.807, 2.05) is 36.4 Å². The second-order valence-electron chi connectivity index (χ2n) is 4.75. The number of carbonyl (C=O) groups is 2. The number of hydrazone groups is 1. The van der Waals surface area contributed by atoms with Crippen molar-refractivity contribution in [1.29, 1.82) is 0 Å². The smallest absolute Gasteiger partial charge is 0.271 e. The lowest BCUT2D eigenvalue weighted by Gasteiger charge is -2.03. The highest BCUT2D eigenvalue weighted by molar-refractivity contribution is 5.95. The van der Waals surface area contributed by atoms with Crippen molar-refractivity contribution in [2.45, 2.75) is 6.92 Å². The summed E-state index contributed by atoms with van der Waals surface area (Å²) in [6.07, 6.45) is 5.14. The van der Waals surface area contributed by atoms with Gasteiger partial charge < -0.3 is 5.32 Å². The molecule has 0 aliphatic heterocycles. The molecule has 0 heterocycles. The first-order valence-corrected chi connectivity index (χ1v) is 7.08. The van der Waals surface area contributed by atoms with E-state index in [0.717, 1.165) is 5.56 Å². The number of rotatable bonds is 5. The van der Waals surface area contributed by atoms with Crippen LogP contribution in [0.4, 0.5) is 5.69 Å². The predicted octanol–water partition coefficient (Wildman–Crippen LogP) is 3.07. The van der Waals surface area contributed by atoms with Crippen molar-refractivity contribution in [3.8, 4) is 0 Å². The molecule has 0 atom stereocenters. The highest BCUT2D eigenvalue weighted by atomic mass is 16.2. The largest absolute Gasteiger partial charge is 0.326 e. The maximum absolute atomic E-state index is 11.9. The number of anilines is 1. The lowest BCUT2D eigenvalue weighted by Crippen LogP contribution is -2.17. The third-order valence-corrected chi connectivity index (χ3v) is 2.88. The molecule has 2 aromatic rings. The zero-order valence-corrected chi connectivity index (χ0v) is 12.7. The van der Waals surface area contributed by atoms with Gasteiger partial charge >= 0.3 is 0 Å². The highest BCUT2D eigenvalue weighted by Gasteiger charge is 2.03. The third-order valence-electron chi connectivity index (χ3n) is 2.88. The van der Waals surface area contributed by atoms with Crippen LogP contribution in [0.5, 0.6) is 0 Å². The molecule has 116 valence electrons. The number of allylic oxidation sites excluding steroid dienone is 1. The summed E-state index contributed by atoms with van der Waals surface area (Å²) in [6.45, 7) is 1.43. The average Bonchev–Trinajstić information content (AvgIpc) is 2.55. The molecule has 2 rings (SSSR count). The molecule has 2 aromatic carbocycles. The van der Waals surface area contributed by atoms with Gasteiger partial charge in [-0.25, -0.2) is 5.43 Å². The first-order valence-electron chi connectivity index (χ1n) is 7.08. The molecular formula is C18H17N3O2. The molecule has 5 nitrogen and oxygen atoms in total. The van der Waals surface area contributed by atoms with E-state index in [0.29, 0.717) is 11.3 Å². The standard InChI is InChI=1S/C18H17N3O2/c1-14(22)20-17-11-9-16(10-12-17)18(23)21-19-13-5-8-15-6-3-2-4-7-15/h2-13H,1H3,(H,20,22)(H,21,23). The van der Waals surface area contributed by atoms with Crippen LogP contribution < -0.4 is 10.7 Å². The van der Waals surface area contributed by atoms with Gasteiger partial charge in [0.15, 0.2) is 0 Å². The Morgan fingerprint density at radius 3 is 2.35 bits per heavy atom. The number of hydrogen-bond acceptors (Lipinski definition) is 3. The van der Waals surface area contributed by atoms with Crippen molar-refractivity contribution in [2.75, 3.05) is 5.32 Å². The Hall–Kier alpha value is -3.21. The molecule has 23 heavy (non-hydrogen) atoms. The Morgan fingerprint density at radius 1 is 1.00 bits per heavy atom. The highest BCUT2D eigenvalue weighted by Crippen LogP contribution is 2.09. The molecule has 0 aliphatic carbocycles. The van der Waals surface area contributed by atoms with Crippen LogP contribution in [0.2, 0.25) is 0 Å². The number of hydrogen-bond donors (Lipinski definition) is 2. The zero-order valence-electron chi connectivity index (χ0n) is 12.7. The zero-order chi connectivity index (χ0) is 16.5. The van der Waals surface area contributed by atoms with Gasteiger partial charge in [0, 0.05) is 24.4 Å². The van der Waals surface area contributed by atoms with Gasteiger partial charge in [-0.3, -0.25) is 9.59 Å². The Labute approximate surface area is 134 Å². The van der Waals surface area contributed by atoms with Crippen molar-refractivity contribution in [2.24, 2.45) is 5.10 Å². The minimum Gasteiger partial charge on any atom is -0.326 e. The normalized spacial score (nSPS) is 10.8. The monoisotopic (exact) mass is 307 g/mol. The molecule has 0 saturated carbocycles. The Morgan fingerprint density at radius 2 is 1.70 bits per heavy atom. The van der Waals surface area contributed by atoms with E-state index in [2.05, 4.69) is 15.8 Å². The Bertz CT molecular complexity index is 720. The minimum atomic E-state index is -0.316. The summed E-state index contributed by atoms with van der Waals surface area (Å²) in [5, 5.41) is 6.49. The molecule has 0 radical (unpaired) electrons. The summed E-state index contributed by atoms with van der Waals surface area (Å²) in [5.41, 5.74) is 4.60. The van der Waals surface area contributed by atoms with E-state index in [9.17, 15) is 9.59 Å². The van der Waals surface area contributed by atoms with Crippen LogP contribution in [0, 0.1) is 0 Å². The van der Waals surface area contributed by atoms with Crippen LogP contribution in [-0.4, -0.2) is 18.0 Å². The molecule has 0 bridgehead atoms. The molecule has 5 heteroatoms. The SMILES string of the molecule is CC(=O)Nc1ccc(C(=O)NN=CC=Cc2ccccc2)cc1. The number of nitrogens with one attached hydrogen (secondary N) is 2. The number of amides is 2. The molecule has 0 aromatic heterocycles. The van der Waals surface area contributed by atoms with Crippen LogP contribution in [-0.2, 0) is 4.79 Å². The van der Waals surface area contributed by atoms with Crippen LogP contribution in [0.1, 0.15) is 22.8 Å². The molecule has 0 unspecified atom stereocenters. The molecular weight excluding hydrogens is 290 g/mol. The summed E-state index contributed by atoms with van der Waals surface area (Å²) >= 11 is 0. The lowest BCUT2D eigenvalue weighted by atomic mass is 10.2. The Balaban J connectivity index is 1.85. The first-order chi connectivity index (χ1) is 11.1. The van der Waals surface area contributed by atoms with Crippen LogP contribution in [0.25, 0.3) is 6.08 Å². The van der Waals surface area contributed by atoms with E-state index in [4.69, 9.17) is 0 Å². The fraction of sp³-hybridized carbons (Fsp3) is 0.0556. The lowest BCUT2D eigenvalue weighted by molar-refractivity contribution is -0.114. The maximum atomic E-state index is 11.9. The van der Waals surface area contributed by atoms with Gasteiger partial charge in [0.05, 0.1) is 0 Å². The average molecular weight is 307 g/mol. The summed E-state index contributed by atoms with van der Waals surface area (Å²) in [4.78, 5) is 22.8.